The zero-order chi connectivity index (χ0) is 8.81. The van der Waals surface area contributed by atoms with Gasteiger partial charge in [0.25, 0.3) is 0 Å². The van der Waals surface area contributed by atoms with Crippen molar-refractivity contribution in [2.45, 2.75) is 17.7 Å². The minimum absolute atomic E-state index is 0.456. The van der Waals surface area contributed by atoms with Gasteiger partial charge in [-0.2, -0.15) is 0 Å². The predicted molar refractivity (Wildman–Crippen MR) is 58.1 cm³/mol. The molecule has 0 saturated heterocycles. The van der Waals surface area contributed by atoms with E-state index in [1.54, 1.807) is 0 Å². The van der Waals surface area contributed by atoms with E-state index in [2.05, 4.69) is 40.2 Å². The molecule has 0 aromatic heterocycles. The first-order chi connectivity index (χ1) is 5.84. The maximum atomic E-state index is 5.61. The van der Waals surface area contributed by atoms with Gasteiger partial charge in [0.1, 0.15) is 0 Å². The molecule has 2 heteroatoms. The van der Waals surface area contributed by atoms with E-state index in [1.807, 2.05) is 6.07 Å². The van der Waals surface area contributed by atoms with Crippen LogP contribution in [0.15, 0.2) is 30.3 Å². The molecule has 66 valence electrons. The van der Waals surface area contributed by atoms with Gasteiger partial charge in [-0.1, -0.05) is 46.3 Å². The fourth-order valence-corrected chi connectivity index (χ4v) is 1.87. The second-order valence-corrected chi connectivity index (χ2v) is 4.19. The number of rotatable bonds is 4. The van der Waals surface area contributed by atoms with Crippen molar-refractivity contribution in [1.29, 1.82) is 0 Å². The van der Waals surface area contributed by atoms with E-state index in [9.17, 15) is 0 Å². The Bertz CT molecular complexity index is 210. The molecule has 0 spiro atoms. The second kappa shape index (κ2) is 5.60. The Morgan fingerprint density at radius 2 is 1.92 bits per heavy atom. The molecule has 0 unspecified atom stereocenters. The van der Waals surface area contributed by atoms with Crippen molar-refractivity contribution in [2.24, 2.45) is 0 Å². The lowest BCUT2D eigenvalue weighted by Crippen LogP contribution is -1.89. The molecule has 1 aromatic carbocycles. The summed E-state index contributed by atoms with van der Waals surface area (Å²) in [5.74, 6) is 0.745. The Morgan fingerprint density at radius 1 is 1.25 bits per heavy atom. The summed E-state index contributed by atoms with van der Waals surface area (Å²) in [6.07, 6.45) is 2.17. The Morgan fingerprint density at radius 3 is 2.50 bits per heavy atom. The van der Waals surface area contributed by atoms with Gasteiger partial charge in [0.05, 0.1) is 0 Å². The third kappa shape index (κ3) is 3.16. The molecule has 0 N–H and O–H groups in total. The van der Waals surface area contributed by atoms with Gasteiger partial charge in [-0.15, -0.1) is 11.6 Å². The van der Waals surface area contributed by atoms with Crippen molar-refractivity contribution in [3.05, 3.63) is 35.9 Å². The number of alkyl halides is 2. The van der Waals surface area contributed by atoms with E-state index >= 15 is 0 Å². The Labute approximate surface area is 87.1 Å². The van der Waals surface area contributed by atoms with Gasteiger partial charge in [-0.25, -0.2) is 0 Å². The van der Waals surface area contributed by atoms with Crippen molar-refractivity contribution in [2.75, 3.05) is 5.88 Å². The summed E-state index contributed by atoms with van der Waals surface area (Å²) < 4.78 is 0. The van der Waals surface area contributed by atoms with Gasteiger partial charge >= 0.3 is 0 Å². The van der Waals surface area contributed by atoms with Gasteiger partial charge in [-0.3, -0.25) is 0 Å². The number of benzene rings is 1. The largest absolute Gasteiger partial charge is 0.127 e. The molecule has 0 bridgehead atoms. The van der Waals surface area contributed by atoms with Crippen LogP contribution in [-0.2, 0) is 0 Å². The number of halogens is 2. The highest BCUT2D eigenvalue weighted by Gasteiger charge is 2.04. The van der Waals surface area contributed by atoms with Crippen LogP contribution in [-0.4, -0.2) is 5.88 Å². The molecule has 0 aliphatic heterocycles. The molecule has 1 aromatic rings. The summed E-state index contributed by atoms with van der Waals surface area (Å²) in [6.45, 7) is 0. The lowest BCUT2D eigenvalue weighted by atomic mass is 10.1. The van der Waals surface area contributed by atoms with Gasteiger partial charge in [0.2, 0.25) is 0 Å². The van der Waals surface area contributed by atoms with E-state index in [-0.39, 0.29) is 0 Å². The highest BCUT2D eigenvalue weighted by atomic mass is 79.9. The van der Waals surface area contributed by atoms with Crippen LogP contribution in [0.4, 0.5) is 0 Å². The van der Waals surface area contributed by atoms with E-state index in [0.29, 0.717) is 4.83 Å². The molecule has 0 amide bonds. The molecular formula is C10H12BrCl. The molecule has 0 saturated carbocycles. The van der Waals surface area contributed by atoms with Crippen LogP contribution in [0.1, 0.15) is 23.2 Å². The molecule has 1 atom stereocenters. The average Bonchev–Trinajstić information content (AvgIpc) is 2.15. The standard InChI is InChI=1S/C10H12BrCl/c11-10(7-4-8-12)9-5-2-1-3-6-9/h1-3,5-6,10H,4,7-8H2/t10-/m0/s1. The maximum absolute atomic E-state index is 5.61. The summed E-state index contributed by atoms with van der Waals surface area (Å²) in [6, 6.07) is 10.4. The minimum Gasteiger partial charge on any atom is -0.127 e. The topological polar surface area (TPSA) is 0 Å². The number of hydrogen-bond donors (Lipinski definition) is 0. The molecule has 0 heterocycles. The maximum Gasteiger partial charge on any atom is 0.0395 e. The van der Waals surface area contributed by atoms with Crippen molar-refractivity contribution in [3.8, 4) is 0 Å². The first-order valence-corrected chi connectivity index (χ1v) is 5.54. The van der Waals surface area contributed by atoms with Crippen LogP contribution in [0.2, 0.25) is 0 Å². The monoisotopic (exact) mass is 246 g/mol. The van der Waals surface area contributed by atoms with Crippen LogP contribution in [0.5, 0.6) is 0 Å². The van der Waals surface area contributed by atoms with Gasteiger partial charge < -0.3 is 0 Å². The Hall–Kier alpha value is -0.0100. The van der Waals surface area contributed by atoms with Crippen molar-refractivity contribution in [1.82, 2.24) is 0 Å². The van der Waals surface area contributed by atoms with Crippen LogP contribution < -0.4 is 0 Å². The Balaban J connectivity index is 2.48. The fourth-order valence-electron chi connectivity index (χ4n) is 1.08. The lowest BCUT2D eigenvalue weighted by molar-refractivity contribution is 0.793. The van der Waals surface area contributed by atoms with Crippen LogP contribution in [0.3, 0.4) is 0 Å². The second-order valence-electron chi connectivity index (χ2n) is 2.71. The van der Waals surface area contributed by atoms with E-state index in [4.69, 9.17) is 11.6 Å². The summed E-state index contributed by atoms with van der Waals surface area (Å²) in [7, 11) is 0. The molecule has 0 aliphatic carbocycles. The average molecular weight is 248 g/mol. The third-order valence-electron chi connectivity index (χ3n) is 1.75. The first-order valence-electron chi connectivity index (χ1n) is 4.09. The number of hydrogen-bond acceptors (Lipinski definition) is 0. The summed E-state index contributed by atoms with van der Waals surface area (Å²) >= 11 is 9.24. The van der Waals surface area contributed by atoms with E-state index in [0.717, 1.165) is 18.7 Å². The molecule has 12 heavy (non-hydrogen) atoms. The van der Waals surface area contributed by atoms with Crippen LogP contribution >= 0.6 is 27.5 Å². The zero-order valence-corrected chi connectivity index (χ0v) is 9.18. The first kappa shape index (κ1) is 10.1. The lowest BCUT2D eigenvalue weighted by Gasteiger charge is -2.07. The van der Waals surface area contributed by atoms with Crippen molar-refractivity contribution in [3.63, 3.8) is 0 Å². The molecule has 0 aliphatic rings. The smallest absolute Gasteiger partial charge is 0.0395 e. The van der Waals surface area contributed by atoms with Crippen molar-refractivity contribution < 1.29 is 0 Å². The fraction of sp³-hybridized carbons (Fsp3) is 0.400. The highest BCUT2D eigenvalue weighted by Crippen LogP contribution is 2.27. The quantitative estimate of drug-likeness (QED) is 0.702. The van der Waals surface area contributed by atoms with E-state index in [1.165, 1.54) is 5.56 Å². The van der Waals surface area contributed by atoms with E-state index < -0.39 is 0 Å². The zero-order valence-electron chi connectivity index (χ0n) is 6.84. The summed E-state index contributed by atoms with van der Waals surface area (Å²) in [5.41, 5.74) is 1.34. The van der Waals surface area contributed by atoms with Crippen molar-refractivity contribution >= 4 is 27.5 Å². The normalized spacial score (nSPS) is 12.8. The minimum atomic E-state index is 0.456. The van der Waals surface area contributed by atoms with Crippen LogP contribution in [0, 0.1) is 0 Å². The van der Waals surface area contributed by atoms with Gasteiger partial charge in [0, 0.05) is 10.7 Å². The van der Waals surface area contributed by atoms with Gasteiger partial charge in [-0.05, 0) is 18.4 Å². The molecule has 1 rings (SSSR count). The molecule has 0 radical (unpaired) electrons. The SMILES string of the molecule is ClCCC[C@H](Br)c1ccccc1. The summed E-state index contributed by atoms with van der Waals surface area (Å²) in [4.78, 5) is 0.456. The highest BCUT2D eigenvalue weighted by molar-refractivity contribution is 9.09. The molecule has 0 fully saturated rings. The third-order valence-corrected chi connectivity index (χ3v) is 3.01. The molecular weight excluding hydrogens is 235 g/mol. The van der Waals surface area contributed by atoms with Gasteiger partial charge in [0.15, 0.2) is 0 Å². The van der Waals surface area contributed by atoms with Crippen LogP contribution in [0.25, 0.3) is 0 Å². The predicted octanol–water partition coefficient (Wildman–Crippen LogP) is 4.14. The Kier molecular flexibility index (Phi) is 4.70. The molecule has 0 nitrogen and oxygen atoms in total. The summed E-state index contributed by atoms with van der Waals surface area (Å²) in [5, 5.41) is 0.